The highest BCUT2D eigenvalue weighted by Crippen LogP contribution is 2.11. The van der Waals surface area contributed by atoms with E-state index >= 15 is 0 Å². The second-order valence-electron chi connectivity index (χ2n) is 5.37. The third-order valence-corrected chi connectivity index (χ3v) is 4.88. The Balaban J connectivity index is 2.18. The molecule has 106 valence electrons. The maximum absolute atomic E-state index is 11.5. The van der Waals surface area contributed by atoms with Crippen molar-refractivity contribution in [2.75, 3.05) is 24.6 Å². The topological polar surface area (TPSA) is 75.3 Å². The zero-order chi connectivity index (χ0) is 13.6. The van der Waals surface area contributed by atoms with Gasteiger partial charge in [0.15, 0.2) is 9.84 Å². The van der Waals surface area contributed by atoms with Crippen LogP contribution in [0.4, 0.5) is 0 Å². The van der Waals surface area contributed by atoms with Crippen molar-refractivity contribution in [3.63, 3.8) is 0 Å². The molecular weight excluding hydrogens is 252 g/mol. The molecule has 1 aliphatic rings. The summed E-state index contributed by atoms with van der Waals surface area (Å²) in [6, 6.07) is -0.0698. The van der Waals surface area contributed by atoms with Gasteiger partial charge in [0.1, 0.15) is 0 Å². The molecule has 0 aromatic carbocycles. The minimum atomic E-state index is -2.90. The zero-order valence-corrected chi connectivity index (χ0v) is 12.1. The number of hydrogen-bond donors (Lipinski definition) is 2. The standard InChI is InChI=1S/C12H24N2O3S/c1-10(2)5-6-13-12(15)8-14-11-4-3-7-18(16,17)9-11/h10-11,14H,3-9H2,1-2H3,(H,13,15). The molecule has 0 aromatic rings. The normalized spacial score (nSPS) is 22.9. The molecule has 1 unspecified atom stereocenters. The molecule has 0 aromatic heterocycles. The molecule has 1 heterocycles. The average Bonchev–Trinajstić information content (AvgIpc) is 2.24. The van der Waals surface area contributed by atoms with Gasteiger partial charge in [-0.2, -0.15) is 0 Å². The second kappa shape index (κ2) is 7.09. The van der Waals surface area contributed by atoms with Crippen LogP contribution >= 0.6 is 0 Å². The van der Waals surface area contributed by atoms with Crippen LogP contribution < -0.4 is 10.6 Å². The highest BCUT2D eigenvalue weighted by Gasteiger charge is 2.24. The fourth-order valence-electron chi connectivity index (χ4n) is 1.98. The first-order chi connectivity index (χ1) is 8.39. The van der Waals surface area contributed by atoms with Gasteiger partial charge >= 0.3 is 0 Å². The summed E-state index contributed by atoms with van der Waals surface area (Å²) in [5.41, 5.74) is 0. The van der Waals surface area contributed by atoms with E-state index in [9.17, 15) is 13.2 Å². The first-order valence-corrected chi connectivity index (χ1v) is 8.41. The second-order valence-corrected chi connectivity index (χ2v) is 7.60. The van der Waals surface area contributed by atoms with Crippen LogP contribution in [0.25, 0.3) is 0 Å². The number of carbonyl (C=O) groups excluding carboxylic acids is 1. The molecule has 0 aliphatic carbocycles. The smallest absolute Gasteiger partial charge is 0.233 e. The van der Waals surface area contributed by atoms with Crippen molar-refractivity contribution in [2.45, 2.75) is 39.2 Å². The quantitative estimate of drug-likeness (QED) is 0.732. The Kier molecular flexibility index (Phi) is 6.08. The van der Waals surface area contributed by atoms with E-state index in [4.69, 9.17) is 0 Å². The molecule has 18 heavy (non-hydrogen) atoms. The molecule has 0 spiro atoms. The molecule has 1 aliphatic heterocycles. The largest absolute Gasteiger partial charge is 0.355 e. The lowest BCUT2D eigenvalue weighted by atomic mass is 10.1. The van der Waals surface area contributed by atoms with Crippen LogP contribution in [0.3, 0.4) is 0 Å². The lowest BCUT2D eigenvalue weighted by molar-refractivity contribution is -0.120. The van der Waals surface area contributed by atoms with Gasteiger partial charge in [-0.25, -0.2) is 8.42 Å². The third kappa shape index (κ3) is 6.35. The molecule has 1 fully saturated rings. The van der Waals surface area contributed by atoms with E-state index in [-0.39, 0.29) is 30.0 Å². The molecule has 1 atom stereocenters. The average molecular weight is 276 g/mol. The van der Waals surface area contributed by atoms with Crippen LogP contribution in [0.1, 0.15) is 33.1 Å². The van der Waals surface area contributed by atoms with Crippen molar-refractivity contribution in [3.05, 3.63) is 0 Å². The minimum absolute atomic E-state index is 0.0568. The van der Waals surface area contributed by atoms with Gasteiger partial charge in [-0.05, 0) is 25.2 Å². The summed E-state index contributed by atoms with van der Waals surface area (Å²) in [6.45, 7) is 5.11. The molecule has 6 heteroatoms. The lowest BCUT2D eigenvalue weighted by Crippen LogP contribution is -2.45. The number of nitrogens with one attached hydrogen (secondary N) is 2. The minimum Gasteiger partial charge on any atom is -0.355 e. The van der Waals surface area contributed by atoms with Gasteiger partial charge < -0.3 is 10.6 Å². The van der Waals surface area contributed by atoms with E-state index in [0.717, 1.165) is 12.8 Å². The highest BCUT2D eigenvalue weighted by molar-refractivity contribution is 7.91. The molecule has 1 rings (SSSR count). The fraction of sp³-hybridized carbons (Fsp3) is 0.917. The molecule has 0 radical (unpaired) electrons. The van der Waals surface area contributed by atoms with Crippen LogP contribution in [0, 0.1) is 5.92 Å². The molecule has 2 N–H and O–H groups in total. The first-order valence-electron chi connectivity index (χ1n) is 6.59. The molecule has 0 bridgehead atoms. The summed E-state index contributed by atoms with van der Waals surface area (Å²) in [6.07, 6.45) is 2.48. The van der Waals surface area contributed by atoms with Gasteiger partial charge in [-0.3, -0.25) is 4.79 Å². The van der Waals surface area contributed by atoms with Gasteiger partial charge in [0.05, 0.1) is 18.1 Å². The Morgan fingerprint density at radius 3 is 2.72 bits per heavy atom. The van der Waals surface area contributed by atoms with Gasteiger partial charge in [0.25, 0.3) is 0 Å². The van der Waals surface area contributed by atoms with Crippen molar-refractivity contribution < 1.29 is 13.2 Å². The Bertz CT molecular complexity index is 366. The fourth-order valence-corrected chi connectivity index (χ4v) is 3.65. The number of rotatable bonds is 6. The van der Waals surface area contributed by atoms with Crippen molar-refractivity contribution in [1.82, 2.24) is 10.6 Å². The van der Waals surface area contributed by atoms with Crippen LogP contribution in [0.15, 0.2) is 0 Å². The molecule has 5 nitrogen and oxygen atoms in total. The summed E-state index contributed by atoms with van der Waals surface area (Å²) in [5, 5.41) is 5.85. The van der Waals surface area contributed by atoms with E-state index in [1.807, 2.05) is 0 Å². The molecule has 1 saturated heterocycles. The van der Waals surface area contributed by atoms with E-state index < -0.39 is 9.84 Å². The van der Waals surface area contributed by atoms with Gasteiger partial charge in [0.2, 0.25) is 5.91 Å². The molecular formula is C12H24N2O3S. The maximum atomic E-state index is 11.5. The SMILES string of the molecule is CC(C)CCNC(=O)CNC1CCCS(=O)(=O)C1. The summed E-state index contributed by atoms with van der Waals surface area (Å²) in [5.74, 6) is 0.957. The Labute approximate surface area is 110 Å². The molecule has 0 saturated carbocycles. The van der Waals surface area contributed by atoms with Crippen molar-refractivity contribution >= 4 is 15.7 Å². The van der Waals surface area contributed by atoms with E-state index in [1.54, 1.807) is 0 Å². The van der Waals surface area contributed by atoms with Crippen LogP contribution in [-0.2, 0) is 14.6 Å². The van der Waals surface area contributed by atoms with Crippen LogP contribution in [-0.4, -0.2) is 45.0 Å². The Morgan fingerprint density at radius 1 is 1.39 bits per heavy atom. The Morgan fingerprint density at radius 2 is 2.11 bits per heavy atom. The number of carbonyl (C=O) groups is 1. The summed E-state index contributed by atoms with van der Waals surface area (Å²) >= 11 is 0. The summed E-state index contributed by atoms with van der Waals surface area (Å²) in [4.78, 5) is 11.5. The van der Waals surface area contributed by atoms with E-state index in [1.165, 1.54) is 0 Å². The highest BCUT2D eigenvalue weighted by atomic mass is 32.2. The van der Waals surface area contributed by atoms with Gasteiger partial charge in [-0.1, -0.05) is 13.8 Å². The maximum Gasteiger partial charge on any atom is 0.233 e. The number of sulfone groups is 1. The predicted molar refractivity (Wildman–Crippen MR) is 72.1 cm³/mol. The van der Waals surface area contributed by atoms with Crippen LogP contribution in [0.2, 0.25) is 0 Å². The number of hydrogen-bond acceptors (Lipinski definition) is 4. The van der Waals surface area contributed by atoms with Crippen molar-refractivity contribution in [1.29, 1.82) is 0 Å². The molecule has 1 amide bonds. The predicted octanol–water partition coefficient (Wildman–Crippen LogP) is 0.316. The lowest BCUT2D eigenvalue weighted by Gasteiger charge is -2.22. The van der Waals surface area contributed by atoms with Crippen molar-refractivity contribution in [3.8, 4) is 0 Å². The van der Waals surface area contributed by atoms with Gasteiger partial charge in [0, 0.05) is 12.6 Å². The Hall–Kier alpha value is -0.620. The zero-order valence-electron chi connectivity index (χ0n) is 11.2. The van der Waals surface area contributed by atoms with E-state index in [2.05, 4.69) is 24.5 Å². The monoisotopic (exact) mass is 276 g/mol. The first kappa shape index (κ1) is 15.4. The van der Waals surface area contributed by atoms with E-state index in [0.29, 0.717) is 18.9 Å². The van der Waals surface area contributed by atoms with Crippen LogP contribution in [0.5, 0.6) is 0 Å². The van der Waals surface area contributed by atoms with Gasteiger partial charge in [-0.15, -0.1) is 0 Å². The third-order valence-electron chi connectivity index (χ3n) is 3.06. The summed E-state index contributed by atoms with van der Waals surface area (Å²) < 4.78 is 22.8. The van der Waals surface area contributed by atoms with Crippen molar-refractivity contribution in [2.24, 2.45) is 5.92 Å². The summed E-state index contributed by atoms with van der Waals surface area (Å²) in [7, 11) is -2.90. The number of amides is 1.